The third kappa shape index (κ3) is 4.76. The van der Waals surface area contributed by atoms with Crippen LogP contribution in [0.25, 0.3) is 11.4 Å². The van der Waals surface area contributed by atoms with Crippen LogP contribution in [0.5, 0.6) is 0 Å². The zero-order valence-corrected chi connectivity index (χ0v) is 18.7. The molecule has 1 aromatic carbocycles. The number of rotatable bonds is 8. The highest BCUT2D eigenvalue weighted by molar-refractivity contribution is 8.00. The first-order valence-electron chi connectivity index (χ1n) is 8.97. The molecule has 0 fully saturated rings. The Morgan fingerprint density at radius 3 is 2.68 bits per heavy atom. The highest BCUT2D eigenvalue weighted by Crippen LogP contribution is 2.31. The smallest absolute Gasteiger partial charge is 0.236 e. The number of thiazole rings is 1. The maximum absolute atomic E-state index is 12.4. The van der Waals surface area contributed by atoms with E-state index in [1.165, 1.54) is 23.1 Å². The first-order chi connectivity index (χ1) is 13.5. The van der Waals surface area contributed by atoms with E-state index in [0.717, 1.165) is 32.9 Å². The Hall–Kier alpha value is -1.84. The Bertz CT molecular complexity index is 938. The molecule has 0 bridgehead atoms. The molecule has 28 heavy (non-hydrogen) atoms. The molecule has 1 atom stereocenters. The summed E-state index contributed by atoms with van der Waals surface area (Å²) in [5.41, 5.74) is 1.97. The Labute approximate surface area is 177 Å². The van der Waals surface area contributed by atoms with Crippen LogP contribution in [0.4, 0.5) is 5.13 Å². The van der Waals surface area contributed by atoms with Crippen LogP contribution in [0, 0.1) is 6.92 Å². The van der Waals surface area contributed by atoms with Gasteiger partial charge in [0, 0.05) is 11.6 Å². The lowest BCUT2D eigenvalue weighted by Gasteiger charge is -2.16. The summed E-state index contributed by atoms with van der Waals surface area (Å²) in [5, 5.41) is 13.0. The molecule has 9 heteroatoms. The first-order valence-corrected chi connectivity index (χ1v) is 12.0. The topological polar surface area (TPSA) is 72.7 Å². The average molecular weight is 434 g/mol. The van der Waals surface area contributed by atoms with Gasteiger partial charge in [0.2, 0.25) is 5.91 Å². The number of amides is 1. The van der Waals surface area contributed by atoms with Gasteiger partial charge < -0.3 is 5.32 Å². The maximum Gasteiger partial charge on any atom is 0.236 e. The van der Waals surface area contributed by atoms with Crippen molar-refractivity contribution in [3.63, 3.8) is 0 Å². The summed E-state index contributed by atoms with van der Waals surface area (Å²) in [6.07, 6.45) is 2.96. The largest absolute Gasteiger partial charge is 0.301 e. The number of carbonyl (C=O) groups excluding carboxylic acids is 1. The van der Waals surface area contributed by atoms with Crippen molar-refractivity contribution < 1.29 is 4.79 Å². The minimum atomic E-state index is -0.0913. The van der Waals surface area contributed by atoms with Crippen LogP contribution in [0.2, 0.25) is 0 Å². The van der Waals surface area contributed by atoms with Crippen LogP contribution < -0.4 is 5.32 Å². The predicted octanol–water partition coefficient (Wildman–Crippen LogP) is 5.13. The van der Waals surface area contributed by atoms with Gasteiger partial charge in [0.15, 0.2) is 16.1 Å². The number of aromatic nitrogens is 4. The van der Waals surface area contributed by atoms with E-state index in [2.05, 4.69) is 38.9 Å². The summed E-state index contributed by atoms with van der Waals surface area (Å²) >= 11 is 4.54. The van der Waals surface area contributed by atoms with Crippen LogP contribution in [0.15, 0.2) is 39.7 Å². The summed E-state index contributed by atoms with van der Waals surface area (Å²) in [6.45, 7) is 6.23. The van der Waals surface area contributed by atoms with Gasteiger partial charge in [-0.3, -0.25) is 9.36 Å². The van der Waals surface area contributed by atoms with Gasteiger partial charge in [-0.25, -0.2) is 4.98 Å². The number of nitrogens with one attached hydrogen (secondary N) is 1. The van der Waals surface area contributed by atoms with E-state index in [9.17, 15) is 4.79 Å². The molecular formula is C19H23N5OS3. The number of thioether (sulfide) groups is 2. The Morgan fingerprint density at radius 2 is 2.04 bits per heavy atom. The van der Waals surface area contributed by atoms with Gasteiger partial charge >= 0.3 is 0 Å². The quantitative estimate of drug-likeness (QED) is 0.496. The van der Waals surface area contributed by atoms with Crippen molar-refractivity contribution in [2.75, 3.05) is 17.3 Å². The van der Waals surface area contributed by atoms with Crippen molar-refractivity contribution in [2.45, 2.75) is 42.6 Å². The van der Waals surface area contributed by atoms with Crippen LogP contribution >= 0.6 is 34.9 Å². The lowest BCUT2D eigenvalue weighted by Crippen LogP contribution is -2.15. The minimum Gasteiger partial charge on any atom is -0.301 e. The number of anilines is 1. The molecule has 6 nitrogen and oxygen atoms in total. The summed E-state index contributed by atoms with van der Waals surface area (Å²) in [4.78, 5) is 16.8. The van der Waals surface area contributed by atoms with Gasteiger partial charge in [-0.05, 0) is 26.5 Å². The van der Waals surface area contributed by atoms with Crippen LogP contribution in [-0.4, -0.2) is 37.7 Å². The molecule has 148 valence electrons. The molecule has 2 aromatic heterocycles. The average Bonchev–Trinajstić information content (AvgIpc) is 3.29. The number of benzene rings is 1. The molecule has 3 aromatic rings. The fourth-order valence-corrected chi connectivity index (χ4v) is 5.11. The maximum atomic E-state index is 12.4. The normalized spacial score (nSPS) is 12.1. The number of aryl methyl sites for hydroxylation is 1. The Morgan fingerprint density at radius 1 is 1.29 bits per heavy atom. The predicted molar refractivity (Wildman–Crippen MR) is 118 cm³/mol. The second-order valence-electron chi connectivity index (χ2n) is 6.23. The summed E-state index contributed by atoms with van der Waals surface area (Å²) in [7, 11) is 0. The molecule has 0 aliphatic heterocycles. The molecule has 0 aliphatic carbocycles. The van der Waals surface area contributed by atoms with E-state index in [-0.39, 0.29) is 17.7 Å². The molecule has 0 saturated carbocycles. The van der Waals surface area contributed by atoms with Gasteiger partial charge in [0.05, 0.1) is 15.7 Å². The molecule has 1 N–H and O–H groups in total. The monoisotopic (exact) mass is 433 g/mol. The van der Waals surface area contributed by atoms with Crippen molar-refractivity contribution in [1.82, 2.24) is 19.7 Å². The van der Waals surface area contributed by atoms with Crippen LogP contribution in [-0.2, 0) is 4.79 Å². The molecular weight excluding hydrogens is 410 g/mol. The SMILES string of the molecule is CCC(C)n1c(SCC(=O)Nc2nc(C)c(SC)s2)nnc1-c1ccccc1. The lowest BCUT2D eigenvalue weighted by molar-refractivity contribution is -0.113. The highest BCUT2D eigenvalue weighted by Gasteiger charge is 2.19. The molecule has 2 heterocycles. The summed E-state index contributed by atoms with van der Waals surface area (Å²) in [6, 6.07) is 10.3. The second-order valence-corrected chi connectivity index (χ2v) is 9.25. The van der Waals surface area contributed by atoms with Crippen molar-refractivity contribution in [3.05, 3.63) is 36.0 Å². The molecule has 3 rings (SSSR count). The zero-order chi connectivity index (χ0) is 20.1. The Balaban J connectivity index is 1.73. The van der Waals surface area contributed by atoms with Gasteiger partial charge in [-0.1, -0.05) is 60.4 Å². The van der Waals surface area contributed by atoms with Crippen molar-refractivity contribution >= 4 is 45.9 Å². The van der Waals surface area contributed by atoms with E-state index in [1.54, 1.807) is 11.8 Å². The van der Waals surface area contributed by atoms with Gasteiger partial charge in [-0.15, -0.1) is 22.0 Å². The molecule has 0 aliphatic rings. The van der Waals surface area contributed by atoms with Gasteiger partial charge in [0.1, 0.15) is 0 Å². The fourth-order valence-electron chi connectivity index (χ4n) is 2.65. The summed E-state index contributed by atoms with van der Waals surface area (Å²) in [5.74, 6) is 1.00. The van der Waals surface area contributed by atoms with Crippen LogP contribution in [0.3, 0.4) is 0 Å². The lowest BCUT2D eigenvalue weighted by atomic mass is 10.2. The fraction of sp³-hybridized carbons (Fsp3) is 0.368. The van der Waals surface area contributed by atoms with Crippen molar-refractivity contribution in [1.29, 1.82) is 0 Å². The minimum absolute atomic E-state index is 0.0913. The highest BCUT2D eigenvalue weighted by atomic mass is 32.2. The summed E-state index contributed by atoms with van der Waals surface area (Å²) < 4.78 is 3.24. The van der Waals surface area contributed by atoms with E-state index >= 15 is 0 Å². The van der Waals surface area contributed by atoms with Gasteiger partial charge in [-0.2, -0.15) is 0 Å². The molecule has 0 spiro atoms. The van der Waals surface area contributed by atoms with E-state index in [1.807, 2.05) is 43.5 Å². The second kappa shape index (κ2) is 9.58. The van der Waals surface area contributed by atoms with Crippen LogP contribution in [0.1, 0.15) is 32.0 Å². The standard InChI is InChI=1S/C19H23N5OS3/c1-5-12(2)24-16(14-9-7-6-8-10-14)22-23-19(24)27-11-15(25)21-18-20-13(3)17(26-4)28-18/h6-10,12H,5,11H2,1-4H3,(H,20,21,25). The van der Waals surface area contributed by atoms with Crippen molar-refractivity contribution in [3.8, 4) is 11.4 Å². The first kappa shape index (κ1) is 20.9. The van der Waals surface area contributed by atoms with E-state index < -0.39 is 0 Å². The number of hydrogen-bond acceptors (Lipinski definition) is 7. The van der Waals surface area contributed by atoms with E-state index in [4.69, 9.17) is 0 Å². The van der Waals surface area contributed by atoms with E-state index in [0.29, 0.717) is 5.13 Å². The molecule has 0 saturated heterocycles. The van der Waals surface area contributed by atoms with Crippen molar-refractivity contribution in [2.24, 2.45) is 0 Å². The number of carbonyl (C=O) groups is 1. The number of nitrogens with zero attached hydrogens (tertiary/aromatic N) is 4. The molecule has 1 amide bonds. The molecule has 0 radical (unpaired) electrons. The Kier molecular flexibility index (Phi) is 7.14. The third-order valence-electron chi connectivity index (χ3n) is 4.25. The molecule has 1 unspecified atom stereocenters. The number of hydrogen-bond donors (Lipinski definition) is 1. The van der Waals surface area contributed by atoms with Gasteiger partial charge in [0.25, 0.3) is 0 Å². The zero-order valence-electron chi connectivity index (χ0n) is 16.3. The third-order valence-corrected chi connectivity index (χ3v) is 7.47.